The predicted molar refractivity (Wildman–Crippen MR) is 53.3 cm³/mol. The molecule has 4 heteroatoms. The van der Waals surface area contributed by atoms with Crippen molar-refractivity contribution < 1.29 is 9.63 Å². The van der Waals surface area contributed by atoms with Crippen LogP contribution in [0.4, 0.5) is 0 Å². The van der Waals surface area contributed by atoms with Crippen molar-refractivity contribution in [1.82, 2.24) is 0 Å². The van der Waals surface area contributed by atoms with Gasteiger partial charge < -0.3 is 10.6 Å². The molecule has 0 saturated heterocycles. The highest BCUT2D eigenvalue weighted by atomic mass is 16.7. The van der Waals surface area contributed by atoms with Crippen LogP contribution in [0, 0.1) is 0 Å². The molecular formula is C10H14N2O2. The molecule has 0 atom stereocenters. The van der Waals surface area contributed by atoms with Gasteiger partial charge >= 0.3 is 5.97 Å². The van der Waals surface area contributed by atoms with E-state index in [1.165, 1.54) is 0 Å². The minimum atomic E-state index is -0.550. The Morgan fingerprint density at radius 3 is 2.14 bits per heavy atom. The van der Waals surface area contributed by atoms with E-state index in [2.05, 4.69) is 4.84 Å². The molecule has 0 aliphatic heterocycles. The molecule has 0 bridgehead atoms. The molecule has 0 aromatic heterocycles. The zero-order valence-corrected chi connectivity index (χ0v) is 8.28. The van der Waals surface area contributed by atoms with Crippen molar-refractivity contribution in [2.24, 2.45) is 11.6 Å². The first kappa shape index (κ1) is 10.7. The van der Waals surface area contributed by atoms with Gasteiger partial charge in [0.2, 0.25) is 0 Å². The third-order valence-electron chi connectivity index (χ3n) is 1.97. The van der Waals surface area contributed by atoms with Crippen molar-refractivity contribution in [3.05, 3.63) is 35.4 Å². The Bertz CT molecular complexity index is 325. The van der Waals surface area contributed by atoms with Gasteiger partial charge in [-0.1, -0.05) is 12.1 Å². The number of hydrogen-bond donors (Lipinski definition) is 2. The van der Waals surface area contributed by atoms with Crippen LogP contribution >= 0.6 is 0 Å². The van der Waals surface area contributed by atoms with Gasteiger partial charge in [-0.05, 0) is 31.5 Å². The molecule has 1 aromatic rings. The van der Waals surface area contributed by atoms with E-state index in [4.69, 9.17) is 11.6 Å². The van der Waals surface area contributed by atoms with Gasteiger partial charge in [-0.2, -0.15) is 5.90 Å². The summed E-state index contributed by atoms with van der Waals surface area (Å²) < 4.78 is 0. The third-order valence-corrected chi connectivity index (χ3v) is 1.97. The molecule has 0 radical (unpaired) electrons. The Hall–Kier alpha value is -1.39. The zero-order chi connectivity index (χ0) is 10.8. The van der Waals surface area contributed by atoms with Gasteiger partial charge in [0.25, 0.3) is 0 Å². The summed E-state index contributed by atoms with van der Waals surface area (Å²) in [5.74, 6) is 4.20. The summed E-state index contributed by atoms with van der Waals surface area (Å²) in [5.41, 5.74) is 6.83. The average molecular weight is 194 g/mol. The lowest BCUT2D eigenvalue weighted by molar-refractivity contribution is 0.0503. The maximum absolute atomic E-state index is 11.0. The number of nitrogens with two attached hydrogens (primary N) is 2. The summed E-state index contributed by atoms with van der Waals surface area (Å²) in [5, 5.41) is 0. The maximum Gasteiger partial charge on any atom is 0.356 e. The second kappa shape index (κ2) is 3.77. The second-order valence-corrected chi connectivity index (χ2v) is 3.70. The van der Waals surface area contributed by atoms with Crippen molar-refractivity contribution in [1.29, 1.82) is 0 Å². The molecule has 1 aromatic carbocycles. The first-order valence-electron chi connectivity index (χ1n) is 4.25. The fourth-order valence-electron chi connectivity index (χ4n) is 1.10. The number of carbonyl (C=O) groups is 1. The molecule has 4 N–H and O–H groups in total. The molecule has 0 spiro atoms. The molecular weight excluding hydrogens is 180 g/mol. The van der Waals surface area contributed by atoms with Crippen LogP contribution in [0.1, 0.15) is 29.8 Å². The lowest BCUT2D eigenvalue weighted by Gasteiger charge is -2.18. The van der Waals surface area contributed by atoms with Crippen LogP contribution in [0.5, 0.6) is 0 Å². The normalized spacial score (nSPS) is 11.1. The largest absolute Gasteiger partial charge is 0.370 e. The molecule has 0 amide bonds. The molecule has 76 valence electrons. The average Bonchev–Trinajstić information content (AvgIpc) is 2.15. The Balaban J connectivity index is 2.95. The molecule has 0 aliphatic rings. The summed E-state index contributed by atoms with van der Waals surface area (Å²) in [6, 6.07) is 6.84. The summed E-state index contributed by atoms with van der Waals surface area (Å²) in [4.78, 5) is 15.1. The molecule has 0 aliphatic carbocycles. The molecule has 0 unspecified atom stereocenters. The summed E-state index contributed by atoms with van der Waals surface area (Å²) in [7, 11) is 0. The third kappa shape index (κ3) is 2.31. The molecule has 1 rings (SSSR count). The van der Waals surface area contributed by atoms with Crippen molar-refractivity contribution >= 4 is 5.97 Å². The lowest BCUT2D eigenvalue weighted by Crippen LogP contribution is -2.28. The van der Waals surface area contributed by atoms with E-state index >= 15 is 0 Å². The highest BCUT2D eigenvalue weighted by Gasteiger charge is 2.14. The van der Waals surface area contributed by atoms with Gasteiger partial charge in [0.15, 0.2) is 0 Å². The number of hydrogen-bond acceptors (Lipinski definition) is 4. The molecule has 0 heterocycles. The quantitative estimate of drug-likeness (QED) is 0.686. The van der Waals surface area contributed by atoms with Crippen LogP contribution in [0.25, 0.3) is 0 Å². The van der Waals surface area contributed by atoms with Crippen LogP contribution in [0.3, 0.4) is 0 Å². The molecule has 4 nitrogen and oxygen atoms in total. The minimum Gasteiger partial charge on any atom is -0.370 e. The predicted octanol–water partition coefficient (Wildman–Crippen LogP) is 0.911. The summed E-state index contributed by atoms with van der Waals surface area (Å²) in [6.07, 6.45) is 0. The number of carbonyl (C=O) groups excluding carboxylic acids is 1. The van der Waals surface area contributed by atoms with E-state index in [-0.39, 0.29) is 0 Å². The van der Waals surface area contributed by atoms with E-state index in [0.717, 1.165) is 5.56 Å². The van der Waals surface area contributed by atoms with E-state index in [0.29, 0.717) is 5.56 Å². The van der Waals surface area contributed by atoms with Crippen LogP contribution in [0.15, 0.2) is 24.3 Å². The van der Waals surface area contributed by atoms with Crippen molar-refractivity contribution in [3.63, 3.8) is 0 Å². The lowest BCUT2D eigenvalue weighted by atomic mass is 9.95. The zero-order valence-electron chi connectivity index (χ0n) is 8.28. The fraction of sp³-hybridized carbons (Fsp3) is 0.300. The van der Waals surface area contributed by atoms with Crippen molar-refractivity contribution in [3.8, 4) is 0 Å². The van der Waals surface area contributed by atoms with Gasteiger partial charge in [0.05, 0.1) is 5.56 Å². The van der Waals surface area contributed by atoms with Gasteiger partial charge in [0.1, 0.15) is 0 Å². The van der Waals surface area contributed by atoms with Crippen LogP contribution in [-0.4, -0.2) is 5.97 Å². The number of benzene rings is 1. The Morgan fingerprint density at radius 2 is 1.79 bits per heavy atom. The van der Waals surface area contributed by atoms with E-state index in [9.17, 15) is 4.79 Å². The van der Waals surface area contributed by atoms with Crippen LogP contribution < -0.4 is 11.6 Å². The van der Waals surface area contributed by atoms with E-state index in [1.807, 2.05) is 13.8 Å². The summed E-state index contributed by atoms with van der Waals surface area (Å²) >= 11 is 0. The molecule has 14 heavy (non-hydrogen) atoms. The van der Waals surface area contributed by atoms with E-state index < -0.39 is 11.5 Å². The fourth-order valence-corrected chi connectivity index (χ4v) is 1.10. The first-order chi connectivity index (χ1) is 6.45. The monoisotopic (exact) mass is 194 g/mol. The van der Waals surface area contributed by atoms with Crippen LogP contribution in [-0.2, 0) is 10.4 Å². The number of rotatable bonds is 2. The van der Waals surface area contributed by atoms with Crippen molar-refractivity contribution in [2.75, 3.05) is 0 Å². The van der Waals surface area contributed by atoms with E-state index in [1.54, 1.807) is 24.3 Å². The SMILES string of the molecule is CC(C)(N)c1ccc(C(=O)ON)cc1. The van der Waals surface area contributed by atoms with Gasteiger partial charge in [0, 0.05) is 5.54 Å². The Labute approximate surface area is 82.8 Å². The minimum absolute atomic E-state index is 0.412. The standard InChI is InChI=1S/C10H14N2O2/c1-10(2,11)8-5-3-7(4-6-8)9(13)14-12/h3-6H,11-12H2,1-2H3. The highest BCUT2D eigenvalue weighted by Crippen LogP contribution is 2.17. The topological polar surface area (TPSA) is 78.3 Å². The van der Waals surface area contributed by atoms with Gasteiger partial charge in [-0.3, -0.25) is 0 Å². The first-order valence-corrected chi connectivity index (χ1v) is 4.25. The highest BCUT2D eigenvalue weighted by molar-refractivity contribution is 5.89. The Morgan fingerprint density at radius 1 is 1.29 bits per heavy atom. The maximum atomic E-state index is 11.0. The van der Waals surface area contributed by atoms with Crippen molar-refractivity contribution in [2.45, 2.75) is 19.4 Å². The van der Waals surface area contributed by atoms with Gasteiger partial charge in [-0.25, -0.2) is 4.79 Å². The summed E-state index contributed by atoms with van der Waals surface area (Å²) in [6.45, 7) is 3.78. The molecule has 0 saturated carbocycles. The van der Waals surface area contributed by atoms with Crippen LogP contribution in [0.2, 0.25) is 0 Å². The smallest absolute Gasteiger partial charge is 0.356 e. The Kier molecular flexibility index (Phi) is 2.88. The molecule has 0 fully saturated rings. The second-order valence-electron chi connectivity index (χ2n) is 3.70. The van der Waals surface area contributed by atoms with Gasteiger partial charge in [-0.15, -0.1) is 0 Å².